The van der Waals surface area contributed by atoms with Crippen molar-refractivity contribution < 1.29 is 17.4 Å². The van der Waals surface area contributed by atoms with E-state index in [1.807, 2.05) is 0 Å². The van der Waals surface area contributed by atoms with E-state index < -0.39 is 16.3 Å². The molecule has 72 valence electrons. The molecule has 7 nitrogen and oxygen atoms in total. The third-order valence-electron chi connectivity index (χ3n) is 1.01. The first-order valence-corrected chi connectivity index (χ1v) is 4.67. The first kappa shape index (κ1) is 9.65. The molecule has 0 saturated heterocycles. The largest absolute Gasteiger partial charge is 0.432 e. The van der Waals surface area contributed by atoms with Gasteiger partial charge in [0.05, 0.1) is 0 Å². The van der Waals surface area contributed by atoms with Crippen molar-refractivity contribution in [2.45, 2.75) is 13.3 Å². The smallest absolute Gasteiger partial charge is 0.329 e. The van der Waals surface area contributed by atoms with Crippen LogP contribution in [0.3, 0.4) is 0 Å². The van der Waals surface area contributed by atoms with E-state index in [1.165, 1.54) is 6.21 Å². The lowest BCUT2D eigenvalue weighted by atomic mass is 10.5. The van der Waals surface area contributed by atoms with Gasteiger partial charge in [0.15, 0.2) is 0 Å². The van der Waals surface area contributed by atoms with Crippen molar-refractivity contribution in [2.75, 3.05) is 0 Å². The van der Waals surface area contributed by atoms with Crippen molar-refractivity contribution in [1.29, 1.82) is 0 Å². The van der Waals surface area contributed by atoms with Crippen LogP contribution in [0.1, 0.15) is 13.3 Å². The molecule has 0 fully saturated rings. The molecule has 13 heavy (non-hydrogen) atoms. The Kier molecular flexibility index (Phi) is 2.61. The van der Waals surface area contributed by atoms with E-state index >= 15 is 0 Å². The average Bonchev–Trinajstić information content (AvgIpc) is 2.34. The molecule has 0 bridgehead atoms. The summed E-state index contributed by atoms with van der Waals surface area (Å²) in [5.74, 6) is -0.801. The van der Waals surface area contributed by atoms with Crippen molar-refractivity contribution in [3.63, 3.8) is 0 Å². The van der Waals surface area contributed by atoms with E-state index in [-0.39, 0.29) is 12.3 Å². The van der Waals surface area contributed by atoms with Crippen LogP contribution in [0, 0.1) is 0 Å². The Balaban J connectivity index is 2.72. The molecular weight excluding hydrogens is 198 g/mol. The zero-order chi connectivity index (χ0) is 9.90. The van der Waals surface area contributed by atoms with Crippen LogP contribution >= 0.6 is 0 Å². The Morgan fingerprint density at radius 2 is 2.46 bits per heavy atom. The number of rotatable bonds is 2. The van der Waals surface area contributed by atoms with Gasteiger partial charge in [-0.1, -0.05) is 0 Å². The Morgan fingerprint density at radius 3 is 2.92 bits per heavy atom. The molecule has 0 aromatic rings. The first-order chi connectivity index (χ1) is 5.99. The molecule has 1 aliphatic heterocycles. The Bertz CT molecular complexity index is 359. The SMILES string of the molecule is CC(=O)OS(=O)(=O)N=C1CC=NN1. The van der Waals surface area contributed by atoms with Gasteiger partial charge in [0.1, 0.15) is 5.84 Å². The molecule has 0 spiro atoms. The predicted octanol–water partition coefficient (Wildman–Crippen LogP) is -0.828. The summed E-state index contributed by atoms with van der Waals surface area (Å²) < 4.78 is 28.8. The molecule has 1 heterocycles. The molecule has 0 unspecified atom stereocenters. The van der Waals surface area contributed by atoms with Crippen LogP contribution in [0.2, 0.25) is 0 Å². The third-order valence-corrected chi connectivity index (χ3v) is 1.90. The van der Waals surface area contributed by atoms with Gasteiger partial charge in [-0.2, -0.15) is 13.5 Å². The number of hydrogen-bond acceptors (Lipinski definition) is 5. The zero-order valence-corrected chi connectivity index (χ0v) is 7.54. The molecule has 0 amide bonds. The highest BCUT2D eigenvalue weighted by molar-refractivity contribution is 7.86. The van der Waals surface area contributed by atoms with Crippen molar-refractivity contribution in [1.82, 2.24) is 5.43 Å². The van der Waals surface area contributed by atoms with E-state index in [0.29, 0.717) is 0 Å². The first-order valence-electron chi connectivity index (χ1n) is 3.31. The Labute approximate surface area is 74.7 Å². The summed E-state index contributed by atoms with van der Waals surface area (Å²) in [5, 5.41) is 3.52. The fraction of sp³-hybridized carbons (Fsp3) is 0.400. The lowest BCUT2D eigenvalue weighted by Gasteiger charge is -1.98. The fourth-order valence-corrected chi connectivity index (χ4v) is 1.38. The quantitative estimate of drug-likeness (QED) is 0.634. The number of hydrazone groups is 1. The molecule has 0 saturated carbocycles. The minimum Gasteiger partial charge on any atom is -0.329 e. The number of nitrogens with one attached hydrogen (secondary N) is 1. The van der Waals surface area contributed by atoms with E-state index in [1.54, 1.807) is 0 Å². The van der Waals surface area contributed by atoms with Gasteiger partial charge in [-0.15, -0.1) is 4.40 Å². The number of nitrogens with zero attached hydrogens (tertiary/aromatic N) is 2. The van der Waals surface area contributed by atoms with Gasteiger partial charge in [0.2, 0.25) is 0 Å². The maximum Gasteiger partial charge on any atom is 0.432 e. The number of hydrogen-bond donors (Lipinski definition) is 1. The van der Waals surface area contributed by atoms with Gasteiger partial charge in [0, 0.05) is 19.6 Å². The predicted molar refractivity (Wildman–Crippen MR) is 44.4 cm³/mol. The van der Waals surface area contributed by atoms with Crippen molar-refractivity contribution >= 4 is 28.3 Å². The van der Waals surface area contributed by atoms with E-state index in [2.05, 4.69) is 19.1 Å². The molecule has 0 aliphatic carbocycles. The van der Waals surface area contributed by atoms with Crippen LogP contribution in [0.4, 0.5) is 0 Å². The van der Waals surface area contributed by atoms with Crippen LogP contribution in [-0.4, -0.2) is 26.4 Å². The second kappa shape index (κ2) is 3.52. The summed E-state index contributed by atoms with van der Waals surface area (Å²) in [6.07, 6.45) is 1.72. The fourth-order valence-electron chi connectivity index (χ4n) is 0.657. The molecule has 8 heteroatoms. The van der Waals surface area contributed by atoms with Crippen LogP contribution < -0.4 is 5.43 Å². The Hall–Kier alpha value is -1.44. The lowest BCUT2D eigenvalue weighted by molar-refractivity contribution is -0.131. The maximum atomic E-state index is 10.9. The molecule has 1 N–H and O–H groups in total. The number of carbonyl (C=O) groups is 1. The van der Waals surface area contributed by atoms with Crippen molar-refractivity contribution in [2.24, 2.45) is 9.50 Å². The van der Waals surface area contributed by atoms with Gasteiger partial charge in [-0.3, -0.25) is 10.2 Å². The highest BCUT2D eigenvalue weighted by atomic mass is 32.2. The summed E-state index contributed by atoms with van der Waals surface area (Å²) in [6.45, 7) is 0.982. The number of carbonyl (C=O) groups excluding carboxylic acids is 1. The molecule has 0 aromatic carbocycles. The Morgan fingerprint density at radius 1 is 1.77 bits per heavy atom. The zero-order valence-electron chi connectivity index (χ0n) is 6.72. The lowest BCUT2D eigenvalue weighted by Crippen LogP contribution is -2.16. The summed E-state index contributed by atoms with van der Waals surface area (Å²) in [5.41, 5.74) is 2.33. The standard InChI is InChI=1S/C5H7N3O4S/c1-4(9)12-13(10,11)8-5-2-3-6-7-5/h3H,2H2,1H3,(H,7,8). The van der Waals surface area contributed by atoms with Gasteiger partial charge in [-0.05, 0) is 0 Å². The molecule has 0 aromatic heterocycles. The highest BCUT2D eigenvalue weighted by Crippen LogP contribution is 1.99. The van der Waals surface area contributed by atoms with Crippen molar-refractivity contribution in [3.05, 3.63) is 0 Å². The highest BCUT2D eigenvalue weighted by Gasteiger charge is 2.15. The van der Waals surface area contributed by atoms with Crippen LogP contribution in [0.5, 0.6) is 0 Å². The van der Waals surface area contributed by atoms with Crippen molar-refractivity contribution in [3.8, 4) is 0 Å². The maximum absolute atomic E-state index is 10.9. The topological polar surface area (TPSA) is 97.2 Å². The van der Waals surface area contributed by atoms with E-state index in [0.717, 1.165) is 6.92 Å². The third kappa shape index (κ3) is 3.20. The van der Waals surface area contributed by atoms with Gasteiger partial charge < -0.3 is 4.18 Å². The summed E-state index contributed by atoms with van der Waals surface area (Å²) in [4.78, 5) is 10.3. The second-order valence-electron chi connectivity index (χ2n) is 2.17. The van der Waals surface area contributed by atoms with E-state index in [9.17, 15) is 13.2 Å². The van der Waals surface area contributed by atoms with Gasteiger partial charge >= 0.3 is 16.3 Å². The summed E-state index contributed by atoms with van der Waals surface area (Å²) in [6, 6.07) is 0. The van der Waals surface area contributed by atoms with Crippen LogP contribution in [-0.2, 0) is 19.3 Å². The monoisotopic (exact) mass is 205 g/mol. The molecule has 1 aliphatic rings. The van der Waals surface area contributed by atoms with Gasteiger partial charge in [-0.25, -0.2) is 0 Å². The van der Waals surface area contributed by atoms with E-state index in [4.69, 9.17) is 0 Å². The van der Waals surface area contributed by atoms with Crippen LogP contribution in [0.25, 0.3) is 0 Å². The average molecular weight is 205 g/mol. The molecule has 0 radical (unpaired) electrons. The summed E-state index contributed by atoms with van der Waals surface area (Å²) >= 11 is 0. The van der Waals surface area contributed by atoms with Gasteiger partial charge in [0.25, 0.3) is 0 Å². The second-order valence-corrected chi connectivity index (χ2v) is 3.37. The number of amidine groups is 1. The minimum absolute atomic E-state index is 0.126. The molecule has 0 atom stereocenters. The molecule has 1 rings (SSSR count). The normalized spacial score (nSPS) is 18.7. The molecular formula is C5H7N3O4S. The summed E-state index contributed by atoms with van der Waals surface area (Å²) in [7, 11) is -4.17. The van der Waals surface area contributed by atoms with Crippen LogP contribution in [0.15, 0.2) is 9.50 Å². The minimum atomic E-state index is -4.17.